The molecule has 2 bridgehead atoms. The quantitative estimate of drug-likeness (QED) is 0.249. The number of benzene rings is 2. The molecule has 2 atom stereocenters. The van der Waals surface area contributed by atoms with Crippen molar-refractivity contribution in [3.8, 4) is 11.3 Å². The van der Waals surface area contributed by atoms with Gasteiger partial charge in [0.05, 0.1) is 22.5 Å². The summed E-state index contributed by atoms with van der Waals surface area (Å²) in [6, 6.07) is 14.6. The zero-order valence-corrected chi connectivity index (χ0v) is 19.7. The van der Waals surface area contributed by atoms with Gasteiger partial charge in [-0.05, 0) is 66.4 Å². The maximum atomic E-state index is 11.1. The zero-order chi connectivity index (χ0) is 23.2. The molecular formula is C26H26N4O2S. The topological polar surface area (TPSA) is 72.8 Å². The number of allylic oxidation sites excluding steroid dienone is 2. The molecule has 6 nitrogen and oxygen atoms in total. The van der Waals surface area contributed by atoms with E-state index in [0.29, 0.717) is 11.3 Å². The van der Waals surface area contributed by atoms with Gasteiger partial charge in [-0.15, -0.1) is 11.3 Å². The fourth-order valence-corrected chi connectivity index (χ4v) is 5.75. The van der Waals surface area contributed by atoms with Gasteiger partial charge >= 0.3 is 0 Å². The molecule has 0 saturated heterocycles. The van der Waals surface area contributed by atoms with E-state index in [0.717, 1.165) is 39.6 Å². The van der Waals surface area contributed by atoms with Gasteiger partial charge in [0.15, 0.2) is 0 Å². The zero-order valence-electron chi connectivity index (χ0n) is 18.9. The summed E-state index contributed by atoms with van der Waals surface area (Å²) >= 11 is 1.51. The van der Waals surface area contributed by atoms with Gasteiger partial charge in [0.2, 0.25) is 4.80 Å². The van der Waals surface area contributed by atoms with Crippen LogP contribution in [0.2, 0.25) is 0 Å². The highest BCUT2D eigenvalue weighted by atomic mass is 32.1. The number of nitro groups is 1. The Bertz CT molecular complexity index is 1350. The number of aromatic nitrogens is 1. The lowest BCUT2D eigenvalue weighted by molar-refractivity contribution is -0.384. The van der Waals surface area contributed by atoms with E-state index in [2.05, 4.69) is 19.9 Å². The van der Waals surface area contributed by atoms with Gasteiger partial charge in [0, 0.05) is 23.1 Å². The summed E-state index contributed by atoms with van der Waals surface area (Å²) in [7, 11) is 0. The number of nitrogens with zero attached hydrogens (tertiary/aromatic N) is 4. The van der Waals surface area contributed by atoms with E-state index in [1.54, 1.807) is 12.1 Å². The molecule has 1 fully saturated rings. The molecule has 1 heterocycles. The Hall–Kier alpha value is -3.32. The lowest BCUT2D eigenvalue weighted by atomic mass is 9.49. The minimum absolute atomic E-state index is 0.0722. The van der Waals surface area contributed by atoms with Crippen LogP contribution in [0, 0.1) is 34.3 Å². The van der Waals surface area contributed by atoms with Crippen molar-refractivity contribution in [2.75, 3.05) is 0 Å². The molecule has 0 N–H and O–H groups in total. The third-order valence-corrected chi connectivity index (χ3v) is 8.04. The van der Waals surface area contributed by atoms with Crippen LogP contribution in [0.4, 0.5) is 11.4 Å². The number of nitro benzene ring substituents is 1. The normalized spacial score (nSPS) is 21.7. The number of fused-ring (bicyclic) bond motifs is 1. The minimum Gasteiger partial charge on any atom is -0.258 e. The Kier molecular flexibility index (Phi) is 5.37. The van der Waals surface area contributed by atoms with E-state index in [9.17, 15) is 10.1 Å². The molecule has 1 aromatic heterocycles. The first kappa shape index (κ1) is 21.5. The largest absolute Gasteiger partial charge is 0.269 e. The first-order valence-corrected chi connectivity index (χ1v) is 12.0. The van der Waals surface area contributed by atoms with E-state index < -0.39 is 0 Å². The molecule has 0 aliphatic heterocycles. The molecule has 3 aliphatic rings. The number of hydrogen-bond donors (Lipinski definition) is 0. The van der Waals surface area contributed by atoms with Gasteiger partial charge in [0.1, 0.15) is 0 Å². The molecular weight excluding hydrogens is 432 g/mol. The van der Waals surface area contributed by atoms with Crippen LogP contribution in [-0.2, 0) is 0 Å². The van der Waals surface area contributed by atoms with Crippen molar-refractivity contribution in [3.05, 3.63) is 86.0 Å². The molecule has 0 spiro atoms. The van der Waals surface area contributed by atoms with Crippen molar-refractivity contribution in [1.82, 2.24) is 4.68 Å². The molecule has 3 aromatic rings. The molecule has 3 aliphatic carbocycles. The smallest absolute Gasteiger partial charge is 0.258 e. The number of hydrogen-bond acceptors (Lipinski definition) is 5. The maximum absolute atomic E-state index is 11.1. The molecule has 33 heavy (non-hydrogen) atoms. The fraction of sp³-hybridized carbons (Fsp3) is 0.308. The Morgan fingerprint density at radius 2 is 1.94 bits per heavy atom. The highest BCUT2D eigenvalue weighted by Crippen LogP contribution is 2.58. The summed E-state index contributed by atoms with van der Waals surface area (Å²) < 4.78 is 1.86. The van der Waals surface area contributed by atoms with Crippen LogP contribution in [0.25, 0.3) is 11.3 Å². The lowest BCUT2D eigenvalue weighted by Crippen LogP contribution is -2.48. The van der Waals surface area contributed by atoms with Crippen LogP contribution >= 0.6 is 11.3 Å². The Balaban J connectivity index is 1.59. The van der Waals surface area contributed by atoms with E-state index >= 15 is 0 Å². The summed E-state index contributed by atoms with van der Waals surface area (Å²) in [4.78, 5) is 16.3. The third-order valence-electron chi connectivity index (χ3n) is 7.22. The van der Waals surface area contributed by atoms with E-state index in [1.165, 1.54) is 35.5 Å². The van der Waals surface area contributed by atoms with Crippen molar-refractivity contribution in [2.45, 2.75) is 33.6 Å². The average Bonchev–Trinajstić information content (AvgIpc) is 3.21. The van der Waals surface area contributed by atoms with Crippen LogP contribution in [0.3, 0.4) is 0 Å². The van der Waals surface area contributed by atoms with E-state index in [-0.39, 0.29) is 10.6 Å². The summed E-state index contributed by atoms with van der Waals surface area (Å²) in [6.07, 6.45) is 6.65. The van der Waals surface area contributed by atoms with Gasteiger partial charge in [-0.3, -0.25) is 10.1 Å². The molecule has 168 valence electrons. The van der Waals surface area contributed by atoms with E-state index in [1.807, 2.05) is 47.5 Å². The molecule has 2 aromatic carbocycles. The Morgan fingerprint density at radius 3 is 2.61 bits per heavy atom. The standard InChI is InChI=1S/C26H26N4O2S/c1-17-6-4-5-7-23(17)28-25-29(27-15-19-8-11-20-14-22(19)26(20,2)3)24(16-33-25)18-9-12-21(13-10-18)30(31)32/h4-10,12-13,15-16,20,22H,11,14H2,1-3H3. The van der Waals surface area contributed by atoms with Gasteiger partial charge in [-0.2, -0.15) is 5.10 Å². The van der Waals surface area contributed by atoms with Crippen molar-refractivity contribution >= 4 is 28.9 Å². The van der Waals surface area contributed by atoms with E-state index in [4.69, 9.17) is 10.1 Å². The predicted octanol–water partition coefficient (Wildman–Crippen LogP) is 6.49. The van der Waals surface area contributed by atoms with Gasteiger partial charge in [0.25, 0.3) is 5.69 Å². The van der Waals surface area contributed by atoms with Gasteiger partial charge in [-0.25, -0.2) is 9.67 Å². The van der Waals surface area contributed by atoms with Gasteiger partial charge in [-0.1, -0.05) is 38.1 Å². The number of para-hydroxylation sites is 1. The SMILES string of the molecule is Cc1ccccc1N=c1scc(-c2ccc([N+](=O)[O-])cc2)n1N=CC1=CCC2CC1C2(C)C. The second kappa shape index (κ2) is 8.23. The molecule has 1 saturated carbocycles. The van der Waals surface area contributed by atoms with Crippen LogP contribution in [0.5, 0.6) is 0 Å². The highest BCUT2D eigenvalue weighted by Gasteiger charge is 2.50. The summed E-state index contributed by atoms with van der Waals surface area (Å²) in [5.41, 5.74) is 5.41. The molecule has 7 heteroatoms. The van der Waals surface area contributed by atoms with Crippen molar-refractivity contribution < 1.29 is 4.92 Å². The fourth-order valence-electron chi connectivity index (χ4n) is 4.90. The van der Waals surface area contributed by atoms with Crippen LogP contribution in [-0.4, -0.2) is 15.8 Å². The number of non-ortho nitro benzene ring substituents is 1. The molecule has 0 amide bonds. The number of aryl methyl sites for hydroxylation is 1. The van der Waals surface area contributed by atoms with Crippen molar-refractivity contribution in [3.63, 3.8) is 0 Å². The second-order valence-corrected chi connectivity index (χ2v) is 10.2. The van der Waals surface area contributed by atoms with Crippen LogP contribution in [0.15, 0.2) is 75.7 Å². The summed E-state index contributed by atoms with van der Waals surface area (Å²) in [6.45, 7) is 6.75. The first-order valence-electron chi connectivity index (χ1n) is 11.1. The van der Waals surface area contributed by atoms with Crippen molar-refractivity contribution in [1.29, 1.82) is 0 Å². The second-order valence-electron chi connectivity index (χ2n) is 9.41. The number of rotatable bonds is 5. The Morgan fingerprint density at radius 1 is 1.18 bits per heavy atom. The lowest BCUT2D eigenvalue weighted by Gasteiger charge is -2.55. The monoisotopic (exact) mass is 458 g/mol. The molecule has 0 radical (unpaired) electrons. The molecule has 2 unspecified atom stereocenters. The Labute approximate surface area is 196 Å². The average molecular weight is 459 g/mol. The summed E-state index contributed by atoms with van der Waals surface area (Å²) in [5.74, 6) is 1.31. The first-order chi connectivity index (χ1) is 15.8. The minimum atomic E-state index is -0.383. The maximum Gasteiger partial charge on any atom is 0.269 e. The third kappa shape index (κ3) is 3.86. The molecule has 6 rings (SSSR count). The van der Waals surface area contributed by atoms with Crippen LogP contribution < -0.4 is 4.80 Å². The predicted molar refractivity (Wildman–Crippen MR) is 133 cm³/mol. The van der Waals surface area contributed by atoms with Crippen LogP contribution in [0.1, 0.15) is 32.3 Å². The van der Waals surface area contributed by atoms with Gasteiger partial charge < -0.3 is 0 Å². The van der Waals surface area contributed by atoms with Crippen molar-refractivity contribution in [2.24, 2.45) is 27.3 Å². The highest BCUT2D eigenvalue weighted by molar-refractivity contribution is 7.07. The summed E-state index contributed by atoms with van der Waals surface area (Å²) in [5, 5.41) is 18.0. The number of thiazole rings is 1.